The molecule has 0 saturated carbocycles. The Hall–Kier alpha value is -3.14. The number of nitrogens with two attached hydrogens (primary N) is 1. The first-order valence-corrected chi connectivity index (χ1v) is 8.64. The fraction of sp³-hybridized carbons (Fsp3) is 0.316. The van der Waals surface area contributed by atoms with Gasteiger partial charge >= 0.3 is 6.18 Å². The van der Waals surface area contributed by atoms with Gasteiger partial charge in [0.2, 0.25) is 0 Å². The highest BCUT2D eigenvalue weighted by Crippen LogP contribution is 2.30. The molecule has 0 aliphatic carbocycles. The molecule has 3 rings (SSSR count). The number of hydrogen-bond donors (Lipinski definition) is 2. The van der Waals surface area contributed by atoms with Gasteiger partial charge in [0.25, 0.3) is 5.91 Å². The van der Waals surface area contributed by atoms with E-state index in [9.17, 15) is 18.0 Å². The van der Waals surface area contributed by atoms with Crippen LogP contribution in [0, 0.1) is 0 Å². The predicted octanol–water partition coefficient (Wildman–Crippen LogP) is 2.88. The van der Waals surface area contributed by atoms with Crippen LogP contribution in [0.25, 0.3) is 0 Å². The second-order valence-electron chi connectivity index (χ2n) is 6.69. The fourth-order valence-corrected chi connectivity index (χ4v) is 2.78. The first-order valence-electron chi connectivity index (χ1n) is 8.64. The number of nitrogens with one attached hydrogen (secondary N) is 1. The Labute approximate surface area is 164 Å². The van der Waals surface area contributed by atoms with Crippen molar-refractivity contribution in [1.29, 1.82) is 0 Å². The van der Waals surface area contributed by atoms with Crippen molar-refractivity contribution in [3.8, 4) is 5.75 Å². The van der Waals surface area contributed by atoms with E-state index in [2.05, 4.69) is 20.0 Å². The lowest BCUT2D eigenvalue weighted by Crippen LogP contribution is -2.37. The van der Waals surface area contributed by atoms with Gasteiger partial charge in [0, 0.05) is 5.69 Å². The van der Waals surface area contributed by atoms with Crippen molar-refractivity contribution in [2.24, 2.45) is 10.7 Å². The molecule has 0 saturated heterocycles. The molecule has 1 unspecified atom stereocenters. The molecule has 1 aromatic carbocycles. The Bertz CT molecular complexity index is 916. The maximum absolute atomic E-state index is 12.4. The van der Waals surface area contributed by atoms with Crippen molar-refractivity contribution in [2.75, 3.05) is 25.1 Å². The van der Waals surface area contributed by atoms with Crippen molar-refractivity contribution in [3.63, 3.8) is 0 Å². The monoisotopic (exact) mass is 408 g/mol. The van der Waals surface area contributed by atoms with Crippen molar-refractivity contribution >= 4 is 17.4 Å². The maximum Gasteiger partial charge on any atom is 0.422 e. The lowest BCUT2D eigenvalue weighted by atomic mass is 9.92. The van der Waals surface area contributed by atoms with Crippen LogP contribution < -0.4 is 15.8 Å². The summed E-state index contributed by atoms with van der Waals surface area (Å²) in [4.78, 5) is 20.7. The highest BCUT2D eigenvalue weighted by Gasteiger charge is 2.30. The zero-order chi connectivity index (χ0) is 21.1. The largest absolute Gasteiger partial charge is 0.483 e. The van der Waals surface area contributed by atoms with Crippen LogP contribution in [0.3, 0.4) is 0 Å². The zero-order valence-electron chi connectivity index (χ0n) is 15.5. The Balaban J connectivity index is 1.69. The zero-order valence-corrected chi connectivity index (χ0v) is 15.5. The SMILES string of the molecule is CC1(c2cccc(NC(=O)c3ccc(OCC(F)(F)F)cn3)c2)COCC(N)=N1. The van der Waals surface area contributed by atoms with Crippen LogP contribution in [0.4, 0.5) is 18.9 Å². The number of halogens is 3. The number of nitrogens with zero attached hydrogens (tertiary/aromatic N) is 2. The number of benzene rings is 1. The summed E-state index contributed by atoms with van der Waals surface area (Å²) < 4.78 is 46.6. The van der Waals surface area contributed by atoms with E-state index in [0.717, 1.165) is 11.8 Å². The number of amides is 1. The molecular weight excluding hydrogens is 389 g/mol. The molecule has 29 heavy (non-hydrogen) atoms. The average molecular weight is 408 g/mol. The normalized spacial score (nSPS) is 19.4. The van der Waals surface area contributed by atoms with Gasteiger partial charge in [0.15, 0.2) is 6.61 Å². The molecule has 10 heteroatoms. The molecule has 0 fully saturated rings. The third-order valence-corrected chi connectivity index (χ3v) is 4.14. The van der Waals surface area contributed by atoms with Gasteiger partial charge in [-0.2, -0.15) is 13.2 Å². The minimum absolute atomic E-state index is 0.0317. The molecule has 0 radical (unpaired) electrons. The quantitative estimate of drug-likeness (QED) is 0.793. The summed E-state index contributed by atoms with van der Waals surface area (Å²) in [6, 6.07) is 9.60. The van der Waals surface area contributed by atoms with E-state index in [-0.39, 0.29) is 18.1 Å². The van der Waals surface area contributed by atoms with Crippen LogP contribution in [0.15, 0.2) is 47.6 Å². The first kappa shape index (κ1) is 20.6. The van der Waals surface area contributed by atoms with E-state index in [0.29, 0.717) is 18.1 Å². The van der Waals surface area contributed by atoms with E-state index < -0.39 is 24.2 Å². The van der Waals surface area contributed by atoms with Crippen LogP contribution >= 0.6 is 0 Å². The first-order chi connectivity index (χ1) is 13.6. The summed E-state index contributed by atoms with van der Waals surface area (Å²) in [6.07, 6.45) is -3.38. The summed E-state index contributed by atoms with van der Waals surface area (Å²) >= 11 is 0. The number of rotatable bonds is 5. The highest BCUT2D eigenvalue weighted by molar-refractivity contribution is 6.02. The van der Waals surface area contributed by atoms with E-state index in [4.69, 9.17) is 10.5 Å². The number of hydrogen-bond acceptors (Lipinski definition) is 6. The number of carbonyl (C=O) groups excluding carboxylic acids is 1. The van der Waals surface area contributed by atoms with Crippen LogP contribution in [0.5, 0.6) is 5.75 Å². The van der Waals surface area contributed by atoms with E-state index in [1.54, 1.807) is 18.2 Å². The average Bonchev–Trinajstić information content (AvgIpc) is 2.66. The Morgan fingerprint density at radius 3 is 2.79 bits per heavy atom. The molecule has 3 N–H and O–H groups in total. The fourth-order valence-electron chi connectivity index (χ4n) is 2.78. The summed E-state index contributed by atoms with van der Waals surface area (Å²) in [5.74, 6) is -0.204. The van der Waals surface area contributed by atoms with Gasteiger partial charge in [-0.1, -0.05) is 12.1 Å². The minimum Gasteiger partial charge on any atom is -0.483 e. The number of amidine groups is 1. The van der Waals surface area contributed by atoms with Gasteiger partial charge in [-0.3, -0.25) is 9.79 Å². The number of ether oxygens (including phenoxy) is 2. The molecule has 1 atom stereocenters. The molecule has 0 bridgehead atoms. The topological polar surface area (TPSA) is 98.8 Å². The standard InChI is InChI=1S/C19H19F3N4O3/c1-18(10-28-9-16(23)26-18)12-3-2-4-13(7-12)25-17(27)15-6-5-14(8-24-15)29-11-19(20,21)22/h2-8H,9-11H2,1H3,(H2,23,26)(H,25,27). The molecule has 1 aliphatic heterocycles. The van der Waals surface area contributed by atoms with Crippen LogP contribution in [0.1, 0.15) is 23.0 Å². The van der Waals surface area contributed by atoms with Crippen LogP contribution in [-0.4, -0.2) is 42.7 Å². The summed E-state index contributed by atoms with van der Waals surface area (Å²) in [7, 11) is 0. The van der Waals surface area contributed by atoms with Crippen LogP contribution in [0.2, 0.25) is 0 Å². The van der Waals surface area contributed by atoms with Crippen LogP contribution in [-0.2, 0) is 10.3 Å². The van der Waals surface area contributed by atoms with Gasteiger partial charge in [0.1, 0.15) is 29.4 Å². The molecule has 1 amide bonds. The van der Waals surface area contributed by atoms with Gasteiger partial charge < -0.3 is 20.5 Å². The molecule has 2 aromatic rings. The third-order valence-electron chi connectivity index (χ3n) is 4.14. The van der Waals surface area contributed by atoms with E-state index >= 15 is 0 Å². The number of aliphatic imine (C=N–C) groups is 1. The third kappa shape index (κ3) is 5.44. The number of carbonyl (C=O) groups is 1. The molecule has 1 aliphatic rings. The van der Waals surface area contributed by atoms with Gasteiger partial charge in [-0.25, -0.2) is 4.98 Å². The van der Waals surface area contributed by atoms with Crippen molar-refractivity contribution in [2.45, 2.75) is 18.6 Å². The smallest absolute Gasteiger partial charge is 0.422 e. The number of anilines is 1. The Morgan fingerprint density at radius 2 is 2.14 bits per heavy atom. The van der Waals surface area contributed by atoms with E-state index in [1.165, 1.54) is 12.1 Å². The highest BCUT2D eigenvalue weighted by atomic mass is 19.4. The Morgan fingerprint density at radius 1 is 1.34 bits per heavy atom. The summed E-state index contributed by atoms with van der Waals surface area (Å²) in [6.45, 7) is 1.08. The molecule has 1 aromatic heterocycles. The summed E-state index contributed by atoms with van der Waals surface area (Å²) in [5.41, 5.74) is 6.45. The lowest BCUT2D eigenvalue weighted by Gasteiger charge is -2.30. The second-order valence-corrected chi connectivity index (χ2v) is 6.69. The second kappa shape index (κ2) is 8.08. The predicted molar refractivity (Wildman–Crippen MR) is 100.0 cm³/mol. The molecule has 154 valence electrons. The number of aromatic nitrogens is 1. The number of pyridine rings is 1. The maximum atomic E-state index is 12.4. The Kier molecular flexibility index (Phi) is 5.73. The van der Waals surface area contributed by atoms with Gasteiger partial charge in [-0.15, -0.1) is 0 Å². The molecular formula is C19H19F3N4O3. The minimum atomic E-state index is -4.45. The van der Waals surface area contributed by atoms with Crippen molar-refractivity contribution < 1.29 is 27.4 Å². The number of alkyl halides is 3. The molecule has 7 nitrogen and oxygen atoms in total. The van der Waals surface area contributed by atoms with E-state index in [1.807, 2.05) is 13.0 Å². The summed E-state index contributed by atoms with van der Waals surface area (Å²) in [5, 5.41) is 2.70. The van der Waals surface area contributed by atoms with Crippen molar-refractivity contribution in [1.82, 2.24) is 4.98 Å². The molecule has 2 heterocycles. The van der Waals surface area contributed by atoms with Crippen molar-refractivity contribution in [3.05, 3.63) is 53.9 Å². The molecule has 0 spiro atoms. The lowest BCUT2D eigenvalue weighted by molar-refractivity contribution is -0.153. The van der Waals surface area contributed by atoms with Gasteiger partial charge in [0.05, 0.1) is 12.8 Å². The van der Waals surface area contributed by atoms with Gasteiger partial charge in [-0.05, 0) is 36.8 Å².